The van der Waals surface area contributed by atoms with E-state index in [4.69, 9.17) is 4.74 Å². The molecule has 0 amide bonds. The largest absolute Gasteiger partial charge is 0.486 e. The van der Waals surface area contributed by atoms with Crippen molar-refractivity contribution in [3.63, 3.8) is 0 Å². The number of halogens is 2. The maximum atomic E-state index is 13.9. The van der Waals surface area contributed by atoms with Gasteiger partial charge in [0, 0.05) is 0 Å². The Kier molecular flexibility index (Phi) is 6.38. The molecule has 154 valence electrons. The Morgan fingerprint density at radius 3 is 2.29 bits per heavy atom. The van der Waals surface area contributed by atoms with Gasteiger partial charge in [0.1, 0.15) is 6.61 Å². The van der Waals surface area contributed by atoms with Crippen molar-refractivity contribution >= 4 is 0 Å². The molecule has 0 heterocycles. The van der Waals surface area contributed by atoms with Crippen molar-refractivity contribution in [3.05, 3.63) is 41.0 Å². The van der Waals surface area contributed by atoms with E-state index in [1.165, 1.54) is 69.4 Å². The van der Waals surface area contributed by atoms with Crippen LogP contribution in [0, 0.1) is 42.2 Å². The highest BCUT2D eigenvalue weighted by atomic mass is 19.2. The molecule has 1 unspecified atom stereocenters. The van der Waals surface area contributed by atoms with Crippen molar-refractivity contribution in [3.8, 4) is 5.75 Å². The highest BCUT2D eigenvalue weighted by molar-refractivity contribution is 5.30. The van der Waals surface area contributed by atoms with Crippen molar-refractivity contribution in [2.75, 3.05) is 6.61 Å². The van der Waals surface area contributed by atoms with E-state index >= 15 is 0 Å². The van der Waals surface area contributed by atoms with Gasteiger partial charge in [-0.25, -0.2) is 4.39 Å². The van der Waals surface area contributed by atoms with Gasteiger partial charge in [-0.05, 0) is 86.3 Å². The zero-order chi connectivity index (χ0) is 19.5. The molecule has 1 atom stereocenters. The molecular formula is C25H34F2O. The lowest BCUT2D eigenvalue weighted by molar-refractivity contribution is 0.154. The monoisotopic (exact) mass is 388 g/mol. The van der Waals surface area contributed by atoms with E-state index in [-0.39, 0.29) is 5.75 Å². The molecule has 2 saturated carbocycles. The van der Waals surface area contributed by atoms with Crippen LogP contribution < -0.4 is 4.74 Å². The summed E-state index contributed by atoms with van der Waals surface area (Å²) in [6, 6.07) is 3.10. The number of hydrogen-bond acceptors (Lipinski definition) is 1. The first-order valence-electron chi connectivity index (χ1n) is 11.4. The van der Waals surface area contributed by atoms with Crippen molar-refractivity contribution in [2.45, 2.75) is 77.6 Å². The predicted molar refractivity (Wildman–Crippen MR) is 109 cm³/mol. The maximum absolute atomic E-state index is 13.9. The zero-order valence-electron chi connectivity index (χ0n) is 17.2. The predicted octanol–water partition coefficient (Wildman–Crippen LogP) is 7.38. The van der Waals surface area contributed by atoms with Gasteiger partial charge in [-0.2, -0.15) is 4.39 Å². The van der Waals surface area contributed by atoms with Gasteiger partial charge in [0.25, 0.3) is 0 Å². The number of aryl methyl sites for hydroxylation is 1. The number of allylic oxidation sites excluding steroid dienone is 1. The number of hydrogen-bond donors (Lipinski definition) is 0. The third kappa shape index (κ3) is 4.60. The standard InChI is InChI=1S/C25H34F2O/c1-17-5-14-23(25(27)24(17)26)28-16-20-8-12-22(13-9-20)21-10-6-19(7-11-21)15-18-3-2-4-18/h5,8,14,18-19,21-22H,2-4,6-7,9-13,15-16H2,1H3. The van der Waals surface area contributed by atoms with Gasteiger partial charge >= 0.3 is 0 Å². The first-order valence-corrected chi connectivity index (χ1v) is 11.4. The van der Waals surface area contributed by atoms with Crippen LogP contribution in [0.25, 0.3) is 0 Å². The lowest BCUT2D eigenvalue weighted by Crippen LogP contribution is -2.25. The third-order valence-corrected chi connectivity index (χ3v) is 7.65. The Labute approximate surface area is 168 Å². The van der Waals surface area contributed by atoms with Crippen molar-refractivity contribution in [1.82, 2.24) is 0 Å². The molecule has 4 rings (SSSR count). The summed E-state index contributed by atoms with van der Waals surface area (Å²) < 4.78 is 33.2. The van der Waals surface area contributed by atoms with Crippen LogP contribution in [0.15, 0.2) is 23.8 Å². The van der Waals surface area contributed by atoms with E-state index < -0.39 is 11.6 Å². The molecule has 0 spiro atoms. The minimum atomic E-state index is -0.868. The highest BCUT2D eigenvalue weighted by Gasteiger charge is 2.30. The van der Waals surface area contributed by atoms with E-state index in [1.807, 2.05) is 0 Å². The summed E-state index contributed by atoms with van der Waals surface area (Å²) in [6.45, 7) is 1.94. The van der Waals surface area contributed by atoms with Gasteiger partial charge in [-0.15, -0.1) is 0 Å². The van der Waals surface area contributed by atoms with Crippen LogP contribution in [0.5, 0.6) is 5.75 Å². The second-order valence-corrected chi connectivity index (χ2v) is 9.51. The van der Waals surface area contributed by atoms with Gasteiger partial charge in [0.05, 0.1) is 0 Å². The first kappa shape index (κ1) is 19.9. The number of rotatable bonds is 6. The molecule has 0 N–H and O–H groups in total. The minimum absolute atomic E-state index is 0.0240. The second kappa shape index (κ2) is 8.97. The van der Waals surface area contributed by atoms with E-state index in [9.17, 15) is 8.78 Å². The van der Waals surface area contributed by atoms with Gasteiger partial charge in [-0.3, -0.25) is 0 Å². The molecule has 0 bridgehead atoms. The minimum Gasteiger partial charge on any atom is -0.486 e. The quantitative estimate of drug-likeness (QED) is 0.462. The van der Waals surface area contributed by atoms with E-state index in [0.717, 1.165) is 36.5 Å². The average molecular weight is 389 g/mol. The summed E-state index contributed by atoms with van der Waals surface area (Å²) in [5.41, 5.74) is 1.54. The molecular weight excluding hydrogens is 354 g/mol. The van der Waals surface area contributed by atoms with Crippen molar-refractivity contribution in [1.29, 1.82) is 0 Å². The molecule has 0 saturated heterocycles. The molecule has 0 aromatic heterocycles. The van der Waals surface area contributed by atoms with E-state index in [1.54, 1.807) is 13.0 Å². The molecule has 1 aromatic carbocycles. The van der Waals surface area contributed by atoms with Crippen molar-refractivity contribution in [2.24, 2.45) is 23.7 Å². The molecule has 0 aliphatic heterocycles. The molecule has 2 fully saturated rings. The Morgan fingerprint density at radius 2 is 1.64 bits per heavy atom. The van der Waals surface area contributed by atoms with Crippen molar-refractivity contribution < 1.29 is 13.5 Å². The van der Waals surface area contributed by atoms with E-state index in [0.29, 0.717) is 12.2 Å². The molecule has 3 aliphatic rings. The molecule has 1 nitrogen and oxygen atoms in total. The SMILES string of the molecule is Cc1ccc(OCC2=CCC(C3CCC(CC4CCC4)CC3)CC2)c(F)c1F. The Morgan fingerprint density at radius 1 is 0.893 bits per heavy atom. The Balaban J connectivity index is 1.22. The fourth-order valence-corrected chi connectivity index (χ4v) is 5.47. The summed E-state index contributed by atoms with van der Waals surface area (Å²) in [7, 11) is 0. The van der Waals surface area contributed by atoms with Crippen LogP contribution in [-0.4, -0.2) is 6.61 Å². The fraction of sp³-hybridized carbons (Fsp3) is 0.680. The Bertz CT molecular complexity index is 699. The van der Waals surface area contributed by atoms with Crippen LogP contribution in [0.1, 0.15) is 76.2 Å². The topological polar surface area (TPSA) is 9.23 Å². The average Bonchev–Trinajstić information content (AvgIpc) is 2.69. The second-order valence-electron chi connectivity index (χ2n) is 9.51. The highest BCUT2D eigenvalue weighted by Crippen LogP contribution is 2.43. The zero-order valence-corrected chi connectivity index (χ0v) is 17.2. The maximum Gasteiger partial charge on any atom is 0.200 e. The van der Waals surface area contributed by atoms with Gasteiger partial charge in [-0.1, -0.05) is 44.2 Å². The third-order valence-electron chi connectivity index (χ3n) is 7.65. The van der Waals surface area contributed by atoms with Crippen LogP contribution >= 0.6 is 0 Å². The molecule has 1 aromatic rings. The molecule has 28 heavy (non-hydrogen) atoms. The molecule has 3 aliphatic carbocycles. The lowest BCUT2D eigenvalue weighted by atomic mass is 9.68. The summed E-state index contributed by atoms with van der Waals surface area (Å²) >= 11 is 0. The lowest BCUT2D eigenvalue weighted by Gasteiger charge is -2.37. The first-order chi connectivity index (χ1) is 13.6. The van der Waals surface area contributed by atoms with Crippen LogP contribution in [0.2, 0.25) is 0 Å². The van der Waals surface area contributed by atoms with Gasteiger partial charge in [0.15, 0.2) is 11.6 Å². The van der Waals surface area contributed by atoms with Gasteiger partial charge in [0.2, 0.25) is 5.82 Å². The Hall–Kier alpha value is -1.38. The summed E-state index contributed by atoms with van der Waals surface area (Å²) in [5, 5.41) is 0. The van der Waals surface area contributed by atoms with E-state index in [2.05, 4.69) is 6.08 Å². The normalized spacial score (nSPS) is 28.5. The summed E-state index contributed by atoms with van der Waals surface area (Å²) in [5.74, 6) is 2.09. The number of benzene rings is 1. The molecule has 0 radical (unpaired) electrons. The van der Waals surface area contributed by atoms with Gasteiger partial charge < -0.3 is 4.74 Å². The summed E-state index contributed by atoms with van der Waals surface area (Å²) in [4.78, 5) is 0. The van der Waals surface area contributed by atoms with Crippen LogP contribution in [-0.2, 0) is 0 Å². The van der Waals surface area contributed by atoms with Crippen LogP contribution in [0.3, 0.4) is 0 Å². The molecule has 3 heteroatoms. The number of ether oxygens (including phenoxy) is 1. The fourth-order valence-electron chi connectivity index (χ4n) is 5.47. The van der Waals surface area contributed by atoms with Crippen LogP contribution in [0.4, 0.5) is 8.78 Å². The smallest absolute Gasteiger partial charge is 0.200 e. The summed E-state index contributed by atoms with van der Waals surface area (Å²) in [6.07, 6.45) is 17.3.